The first-order chi connectivity index (χ1) is 13.4. The van der Waals surface area contributed by atoms with Crippen LogP contribution in [0.5, 0.6) is 5.75 Å². The summed E-state index contributed by atoms with van der Waals surface area (Å²) in [7, 11) is 1.57. The second-order valence-corrected chi connectivity index (χ2v) is 7.69. The van der Waals surface area contributed by atoms with Crippen molar-refractivity contribution in [3.8, 4) is 5.75 Å². The Morgan fingerprint density at radius 3 is 2.46 bits per heavy atom. The minimum atomic E-state index is -0.241. The van der Waals surface area contributed by atoms with Gasteiger partial charge >= 0.3 is 0 Å². The van der Waals surface area contributed by atoms with Crippen LogP contribution < -0.4 is 15.0 Å². The van der Waals surface area contributed by atoms with Crippen LogP contribution in [0.15, 0.2) is 40.9 Å². The average Bonchev–Trinajstić information content (AvgIpc) is 2.68. The van der Waals surface area contributed by atoms with Crippen molar-refractivity contribution < 1.29 is 14.3 Å². The maximum atomic E-state index is 12.8. The molecule has 2 amide bonds. The van der Waals surface area contributed by atoms with E-state index >= 15 is 0 Å². The second kappa shape index (κ2) is 8.84. The first kappa shape index (κ1) is 20.5. The van der Waals surface area contributed by atoms with Crippen LogP contribution >= 0.6 is 27.5 Å². The molecule has 1 fully saturated rings. The molecular formula is C20H21BrClN3O3. The van der Waals surface area contributed by atoms with E-state index in [9.17, 15) is 9.59 Å². The SMILES string of the molecule is COc1ccc(C(=O)Nc2cccc(Cl)c2N2CCN(C(C)=O)CC2)cc1Br. The maximum Gasteiger partial charge on any atom is 0.255 e. The number of hydrogen-bond acceptors (Lipinski definition) is 4. The lowest BCUT2D eigenvalue weighted by Gasteiger charge is -2.37. The normalized spacial score (nSPS) is 14.0. The number of nitrogens with zero attached hydrogens (tertiary/aromatic N) is 2. The minimum absolute atomic E-state index is 0.0671. The Hall–Kier alpha value is -2.25. The summed E-state index contributed by atoms with van der Waals surface area (Å²) in [6, 6.07) is 10.6. The highest BCUT2D eigenvalue weighted by molar-refractivity contribution is 9.10. The van der Waals surface area contributed by atoms with E-state index < -0.39 is 0 Å². The molecule has 0 bridgehead atoms. The van der Waals surface area contributed by atoms with Crippen LogP contribution in [0.1, 0.15) is 17.3 Å². The molecule has 0 spiro atoms. The molecule has 8 heteroatoms. The van der Waals surface area contributed by atoms with Gasteiger partial charge in [0.15, 0.2) is 0 Å². The topological polar surface area (TPSA) is 61.9 Å². The molecule has 0 radical (unpaired) electrons. The van der Waals surface area contributed by atoms with Gasteiger partial charge in [0.2, 0.25) is 5.91 Å². The molecule has 2 aromatic rings. The van der Waals surface area contributed by atoms with Crippen LogP contribution in [-0.4, -0.2) is 50.0 Å². The molecule has 0 saturated carbocycles. The van der Waals surface area contributed by atoms with Crippen LogP contribution in [-0.2, 0) is 4.79 Å². The number of anilines is 2. The van der Waals surface area contributed by atoms with Gasteiger partial charge in [-0.15, -0.1) is 0 Å². The number of piperazine rings is 1. The fourth-order valence-corrected chi connectivity index (χ4v) is 4.02. The van der Waals surface area contributed by atoms with Crippen molar-refractivity contribution in [3.05, 3.63) is 51.5 Å². The standard InChI is InChI=1S/C20H21BrClN3O3/c1-13(26)24-8-10-25(11-9-24)19-16(22)4-3-5-17(19)23-20(27)14-6-7-18(28-2)15(21)12-14/h3-7,12H,8-11H2,1-2H3,(H,23,27). The molecule has 1 saturated heterocycles. The number of rotatable bonds is 4. The van der Waals surface area contributed by atoms with Gasteiger partial charge < -0.3 is 19.9 Å². The summed E-state index contributed by atoms with van der Waals surface area (Å²) in [5, 5.41) is 3.52. The van der Waals surface area contributed by atoms with Crippen molar-refractivity contribution in [3.63, 3.8) is 0 Å². The highest BCUT2D eigenvalue weighted by Gasteiger charge is 2.23. The molecule has 0 atom stereocenters. The maximum absolute atomic E-state index is 12.8. The van der Waals surface area contributed by atoms with Crippen molar-refractivity contribution in [2.75, 3.05) is 43.5 Å². The van der Waals surface area contributed by atoms with Crippen LogP contribution in [0.3, 0.4) is 0 Å². The monoisotopic (exact) mass is 465 g/mol. The van der Waals surface area contributed by atoms with E-state index in [4.69, 9.17) is 16.3 Å². The fraction of sp³-hybridized carbons (Fsp3) is 0.300. The molecule has 0 unspecified atom stereocenters. The van der Waals surface area contributed by atoms with Crippen LogP contribution in [0, 0.1) is 0 Å². The van der Waals surface area contributed by atoms with Crippen molar-refractivity contribution in [2.24, 2.45) is 0 Å². The van der Waals surface area contributed by atoms with E-state index in [0.29, 0.717) is 52.7 Å². The smallest absolute Gasteiger partial charge is 0.255 e. The van der Waals surface area contributed by atoms with E-state index in [1.165, 1.54) is 0 Å². The second-order valence-electron chi connectivity index (χ2n) is 6.43. The molecule has 1 heterocycles. The lowest BCUT2D eigenvalue weighted by atomic mass is 10.1. The number of benzene rings is 2. The zero-order chi connectivity index (χ0) is 20.3. The van der Waals surface area contributed by atoms with E-state index in [2.05, 4.69) is 26.1 Å². The fourth-order valence-electron chi connectivity index (χ4n) is 3.18. The lowest BCUT2D eigenvalue weighted by Crippen LogP contribution is -2.48. The third kappa shape index (κ3) is 4.42. The van der Waals surface area contributed by atoms with Gasteiger partial charge in [0, 0.05) is 38.7 Å². The molecule has 1 N–H and O–H groups in total. The molecule has 3 rings (SSSR count). The Labute approximate surface area is 177 Å². The van der Waals surface area contributed by atoms with Crippen molar-refractivity contribution >= 4 is 50.7 Å². The zero-order valence-corrected chi connectivity index (χ0v) is 18.0. The third-order valence-electron chi connectivity index (χ3n) is 4.69. The molecule has 0 aromatic heterocycles. The van der Waals surface area contributed by atoms with E-state index in [1.807, 2.05) is 6.07 Å². The number of ether oxygens (including phenoxy) is 1. The summed E-state index contributed by atoms with van der Waals surface area (Å²) in [6.45, 7) is 4.13. The number of carbonyl (C=O) groups is 2. The van der Waals surface area contributed by atoms with Crippen molar-refractivity contribution in [1.29, 1.82) is 0 Å². The number of nitrogens with one attached hydrogen (secondary N) is 1. The molecule has 1 aliphatic rings. The summed E-state index contributed by atoms with van der Waals surface area (Å²) < 4.78 is 5.91. The predicted molar refractivity (Wildman–Crippen MR) is 115 cm³/mol. The predicted octanol–water partition coefficient (Wildman–Crippen LogP) is 4.03. The average molecular weight is 467 g/mol. The summed E-state index contributed by atoms with van der Waals surface area (Å²) in [4.78, 5) is 28.2. The number of hydrogen-bond donors (Lipinski definition) is 1. The number of methoxy groups -OCH3 is 1. The van der Waals surface area contributed by atoms with Gasteiger partial charge in [0.25, 0.3) is 5.91 Å². The van der Waals surface area contributed by atoms with Crippen molar-refractivity contribution in [1.82, 2.24) is 4.90 Å². The lowest BCUT2D eigenvalue weighted by molar-refractivity contribution is -0.129. The molecule has 0 aliphatic carbocycles. The first-order valence-corrected chi connectivity index (χ1v) is 10.0. The third-order valence-corrected chi connectivity index (χ3v) is 5.61. The summed E-state index contributed by atoms with van der Waals surface area (Å²) >= 11 is 9.86. The number of amides is 2. The molecule has 2 aromatic carbocycles. The largest absolute Gasteiger partial charge is 0.496 e. The number of halogens is 2. The van der Waals surface area contributed by atoms with E-state index in [-0.39, 0.29) is 11.8 Å². The van der Waals surface area contributed by atoms with Crippen LogP contribution in [0.4, 0.5) is 11.4 Å². The van der Waals surface area contributed by atoms with Gasteiger partial charge in [-0.3, -0.25) is 9.59 Å². The molecular weight excluding hydrogens is 446 g/mol. The summed E-state index contributed by atoms with van der Waals surface area (Å²) in [5.74, 6) is 0.481. The van der Waals surface area contributed by atoms with Crippen LogP contribution in [0.2, 0.25) is 5.02 Å². The quantitative estimate of drug-likeness (QED) is 0.739. The molecule has 6 nitrogen and oxygen atoms in total. The Kier molecular flexibility index (Phi) is 6.46. The summed E-state index contributed by atoms with van der Waals surface area (Å²) in [5.41, 5.74) is 1.91. The number of carbonyl (C=O) groups excluding carboxylic acids is 2. The first-order valence-electron chi connectivity index (χ1n) is 8.84. The Morgan fingerprint density at radius 2 is 1.86 bits per heavy atom. The van der Waals surface area contributed by atoms with Crippen molar-refractivity contribution in [2.45, 2.75) is 6.92 Å². The number of para-hydroxylation sites is 1. The van der Waals surface area contributed by atoms with Crippen LogP contribution in [0.25, 0.3) is 0 Å². The van der Waals surface area contributed by atoms with E-state index in [0.717, 1.165) is 5.69 Å². The summed E-state index contributed by atoms with van der Waals surface area (Å²) in [6.07, 6.45) is 0. The Morgan fingerprint density at radius 1 is 1.14 bits per heavy atom. The minimum Gasteiger partial charge on any atom is -0.496 e. The van der Waals surface area contributed by atoms with Gasteiger partial charge in [-0.1, -0.05) is 17.7 Å². The van der Waals surface area contributed by atoms with Gasteiger partial charge in [0.1, 0.15) is 5.75 Å². The Bertz CT molecular complexity index is 898. The molecule has 148 valence electrons. The van der Waals surface area contributed by atoms with Gasteiger partial charge in [-0.05, 0) is 46.3 Å². The van der Waals surface area contributed by atoms with Gasteiger partial charge in [-0.2, -0.15) is 0 Å². The molecule has 1 aliphatic heterocycles. The molecule has 28 heavy (non-hydrogen) atoms. The van der Waals surface area contributed by atoms with Gasteiger partial charge in [0.05, 0.1) is 28.0 Å². The highest BCUT2D eigenvalue weighted by Crippen LogP contribution is 2.35. The Balaban J connectivity index is 1.81. The van der Waals surface area contributed by atoms with Gasteiger partial charge in [-0.25, -0.2) is 0 Å². The highest BCUT2D eigenvalue weighted by atomic mass is 79.9. The van der Waals surface area contributed by atoms with E-state index in [1.54, 1.807) is 49.3 Å². The zero-order valence-electron chi connectivity index (χ0n) is 15.7.